The van der Waals surface area contributed by atoms with E-state index in [9.17, 15) is 4.79 Å². The van der Waals surface area contributed by atoms with Gasteiger partial charge < -0.3 is 10.1 Å². The third-order valence-electron chi connectivity index (χ3n) is 3.82. The smallest absolute Gasteiger partial charge is 0.163 e. The molecule has 1 N–H and O–H groups in total. The highest BCUT2D eigenvalue weighted by atomic mass is 35.5. The molecule has 0 saturated carbocycles. The van der Waals surface area contributed by atoms with Crippen LogP contribution in [-0.4, -0.2) is 17.9 Å². The number of thiazole rings is 1. The number of anilines is 2. The molecular weight excluding hydrogens is 344 g/mol. The Hall–Kier alpha value is -2.37. The lowest BCUT2D eigenvalue weighted by atomic mass is 10.1. The summed E-state index contributed by atoms with van der Waals surface area (Å²) < 4.78 is 5.53. The number of hydrogen-bond donors (Lipinski definition) is 1. The maximum atomic E-state index is 11.4. The molecule has 0 amide bonds. The van der Waals surface area contributed by atoms with E-state index in [2.05, 4.69) is 16.4 Å². The second-order valence-corrected chi connectivity index (χ2v) is 6.81. The molecule has 1 aliphatic rings. The molecule has 0 unspecified atom stereocenters. The highest BCUT2D eigenvalue weighted by Gasteiger charge is 2.17. The van der Waals surface area contributed by atoms with Crippen molar-refractivity contribution in [1.29, 1.82) is 0 Å². The van der Waals surface area contributed by atoms with Crippen molar-refractivity contribution in [2.45, 2.75) is 6.42 Å². The molecule has 0 radical (unpaired) electrons. The first-order valence-corrected chi connectivity index (χ1v) is 8.68. The summed E-state index contributed by atoms with van der Waals surface area (Å²) in [5, 5.41) is 4.52. The SMILES string of the molecule is O=Cc1sc(-c2ccc3c(c2)CCO3)nc1Nc1ccccc1Cl. The fourth-order valence-electron chi connectivity index (χ4n) is 2.63. The molecular formula is C18H13ClN2O2S. The zero-order valence-corrected chi connectivity index (χ0v) is 14.2. The van der Waals surface area contributed by atoms with Gasteiger partial charge in [-0.05, 0) is 35.9 Å². The van der Waals surface area contributed by atoms with E-state index < -0.39 is 0 Å². The lowest BCUT2D eigenvalue weighted by Crippen LogP contribution is -1.94. The molecule has 1 aromatic heterocycles. The lowest BCUT2D eigenvalue weighted by Gasteiger charge is -2.05. The fraction of sp³-hybridized carbons (Fsp3) is 0.111. The van der Waals surface area contributed by atoms with Crippen LogP contribution in [0.3, 0.4) is 0 Å². The van der Waals surface area contributed by atoms with Gasteiger partial charge in [0.2, 0.25) is 0 Å². The normalized spacial score (nSPS) is 12.5. The van der Waals surface area contributed by atoms with Crippen LogP contribution in [0.2, 0.25) is 5.02 Å². The second kappa shape index (κ2) is 6.26. The lowest BCUT2D eigenvalue weighted by molar-refractivity contribution is 0.112. The van der Waals surface area contributed by atoms with E-state index in [1.807, 2.05) is 30.3 Å². The number of aromatic nitrogens is 1. The Morgan fingerprint density at radius 2 is 2.12 bits per heavy atom. The number of aldehydes is 1. The maximum absolute atomic E-state index is 11.4. The summed E-state index contributed by atoms with van der Waals surface area (Å²) in [6, 6.07) is 13.4. The molecule has 2 aromatic carbocycles. The number of carbonyl (C=O) groups is 1. The van der Waals surface area contributed by atoms with E-state index in [0.29, 0.717) is 15.7 Å². The highest BCUT2D eigenvalue weighted by molar-refractivity contribution is 7.17. The molecule has 0 atom stereocenters. The van der Waals surface area contributed by atoms with Gasteiger partial charge in [0.25, 0.3) is 0 Å². The highest BCUT2D eigenvalue weighted by Crippen LogP contribution is 2.36. The van der Waals surface area contributed by atoms with Crippen LogP contribution in [0.1, 0.15) is 15.2 Å². The van der Waals surface area contributed by atoms with Crippen LogP contribution in [-0.2, 0) is 6.42 Å². The number of para-hydroxylation sites is 1. The topological polar surface area (TPSA) is 51.2 Å². The summed E-state index contributed by atoms with van der Waals surface area (Å²) in [7, 11) is 0. The van der Waals surface area contributed by atoms with Crippen molar-refractivity contribution < 1.29 is 9.53 Å². The number of fused-ring (bicyclic) bond motifs is 1. The molecule has 0 spiro atoms. The van der Waals surface area contributed by atoms with E-state index in [0.717, 1.165) is 41.3 Å². The average Bonchev–Trinajstić information content (AvgIpc) is 3.22. The average molecular weight is 357 g/mol. The second-order valence-electron chi connectivity index (χ2n) is 5.38. The molecule has 0 fully saturated rings. The molecule has 6 heteroatoms. The monoisotopic (exact) mass is 356 g/mol. The summed E-state index contributed by atoms with van der Waals surface area (Å²) >= 11 is 7.53. The summed E-state index contributed by atoms with van der Waals surface area (Å²) in [5.41, 5.74) is 2.89. The number of nitrogens with zero attached hydrogens (tertiary/aromatic N) is 1. The van der Waals surface area contributed by atoms with Gasteiger partial charge in [0, 0.05) is 12.0 Å². The molecule has 4 rings (SSSR count). The van der Waals surface area contributed by atoms with Gasteiger partial charge in [-0.3, -0.25) is 4.79 Å². The summed E-state index contributed by atoms with van der Waals surface area (Å²) in [5.74, 6) is 1.45. The van der Waals surface area contributed by atoms with Crippen LogP contribution < -0.4 is 10.1 Å². The van der Waals surface area contributed by atoms with Crippen molar-refractivity contribution in [3.05, 3.63) is 57.9 Å². The number of halogens is 1. The molecule has 3 aromatic rings. The van der Waals surface area contributed by atoms with Gasteiger partial charge in [-0.25, -0.2) is 4.98 Å². The van der Waals surface area contributed by atoms with Crippen molar-refractivity contribution >= 4 is 40.7 Å². The Balaban J connectivity index is 1.70. The van der Waals surface area contributed by atoms with Gasteiger partial charge in [-0.1, -0.05) is 23.7 Å². The van der Waals surface area contributed by atoms with Crippen LogP contribution in [0.4, 0.5) is 11.5 Å². The van der Waals surface area contributed by atoms with Crippen LogP contribution >= 0.6 is 22.9 Å². The Kier molecular flexibility index (Phi) is 3.96. The van der Waals surface area contributed by atoms with Gasteiger partial charge in [-0.2, -0.15) is 0 Å². The minimum atomic E-state index is 0.523. The number of rotatable bonds is 4. The Morgan fingerprint density at radius 3 is 2.96 bits per heavy atom. The Bertz CT molecular complexity index is 923. The van der Waals surface area contributed by atoms with Crippen LogP contribution in [0.5, 0.6) is 5.75 Å². The fourth-order valence-corrected chi connectivity index (χ4v) is 3.65. The van der Waals surface area contributed by atoms with Crippen LogP contribution in [0.25, 0.3) is 10.6 Å². The molecule has 24 heavy (non-hydrogen) atoms. The molecule has 0 bridgehead atoms. The predicted molar refractivity (Wildman–Crippen MR) is 96.9 cm³/mol. The first-order valence-electron chi connectivity index (χ1n) is 7.48. The summed E-state index contributed by atoms with van der Waals surface area (Å²) in [6.45, 7) is 0.718. The van der Waals surface area contributed by atoms with Crippen molar-refractivity contribution in [3.63, 3.8) is 0 Å². The Labute approximate surface area is 148 Å². The third-order valence-corrected chi connectivity index (χ3v) is 5.18. The molecule has 1 aliphatic heterocycles. The maximum Gasteiger partial charge on any atom is 0.163 e. The standard InChI is InChI=1S/C18H13ClN2O2S/c19-13-3-1-2-4-14(13)20-17-16(10-22)24-18(21-17)12-5-6-15-11(9-12)7-8-23-15/h1-6,9-10,20H,7-8H2. The molecule has 120 valence electrons. The van der Waals surface area contributed by atoms with Gasteiger partial charge >= 0.3 is 0 Å². The van der Waals surface area contributed by atoms with Gasteiger partial charge in [0.1, 0.15) is 15.6 Å². The minimum Gasteiger partial charge on any atom is -0.493 e. The first-order chi connectivity index (χ1) is 11.7. The Morgan fingerprint density at radius 1 is 1.25 bits per heavy atom. The van der Waals surface area contributed by atoms with E-state index in [1.165, 1.54) is 16.9 Å². The van der Waals surface area contributed by atoms with Crippen molar-refractivity contribution in [2.75, 3.05) is 11.9 Å². The number of carbonyl (C=O) groups excluding carboxylic acids is 1. The number of ether oxygens (including phenoxy) is 1. The summed E-state index contributed by atoms with van der Waals surface area (Å²) in [6.07, 6.45) is 1.72. The molecule has 4 nitrogen and oxygen atoms in total. The first kappa shape index (κ1) is 15.2. The zero-order chi connectivity index (χ0) is 16.5. The van der Waals surface area contributed by atoms with Gasteiger partial charge in [0.05, 0.1) is 17.3 Å². The molecule has 0 saturated heterocycles. The predicted octanol–water partition coefficient (Wildman–Crippen LogP) is 4.95. The van der Waals surface area contributed by atoms with Crippen LogP contribution in [0, 0.1) is 0 Å². The number of nitrogens with one attached hydrogen (secondary N) is 1. The summed E-state index contributed by atoms with van der Waals surface area (Å²) in [4.78, 5) is 16.5. The van der Waals surface area contributed by atoms with E-state index >= 15 is 0 Å². The molecule has 2 heterocycles. The van der Waals surface area contributed by atoms with Crippen molar-refractivity contribution in [2.24, 2.45) is 0 Å². The van der Waals surface area contributed by atoms with Gasteiger partial charge in [-0.15, -0.1) is 11.3 Å². The van der Waals surface area contributed by atoms with E-state index in [4.69, 9.17) is 16.3 Å². The zero-order valence-electron chi connectivity index (χ0n) is 12.6. The number of benzene rings is 2. The molecule has 0 aliphatic carbocycles. The number of hydrogen-bond acceptors (Lipinski definition) is 5. The largest absolute Gasteiger partial charge is 0.493 e. The quantitative estimate of drug-likeness (QED) is 0.671. The van der Waals surface area contributed by atoms with Gasteiger partial charge in [0.15, 0.2) is 12.1 Å². The minimum absolute atomic E-state index is 0.523. The van der Waals surface area contributed by atoms with Crippen molar-refractivity contribution in [3.8, 4) is 16.3 Å². The van der Waals surface area contributed by atoms with E-state index in [1.54, 1.807) is 6.07 Å². The van der Waals surface area contributed by atoms with Crippen molar-refractivity contribution in [1.82, 2.24) is 4.98 Å². The third kappa shape index (κ3) is 2.77. The van der Waals surface area contributed by atoms with E-state index in [-0.39, 0.29) is 0 Å². The van der Waals surface area contributed by atoms with Crippen LogP contribution in [0.15, 0.2) is 42.5 Å².